The van der Waals surface area contributed by atoms with E-state index in [9.17, 15) is 4.79 Å². The van der Waals surface area contributed by atoms with Gasteiger partial charge in [0.1, 0.15) is 0 Å². The second-order valence-electron chi connectivity index (χ2n) is 2.94. The van der Waals surface area contributed by atoms with Crippen LogP contribution in [-0.2, 0) is 4.79 Å². The van der Waals surface area contributed by atoms with Crippen molar-refractivity contribution >= 4 is 16.9 Å². The highest BCUT2D eigenvalue weighted by molar-refractivity contribution is 5.77. The first-order chi connectivity index (χ1) is 7.24. The van der Waals surface area contributed by atoms with E-state index < -0.39 is 5.97 Å². The van der Waals surface area contributed by atoms with Crippen LogP contribution in [0.25, 0.3) is 10.9 Å². The van der Waals surface area contributed by atoms with Crippen LogP contribution in [0.3, 0.4) is 0 Å². The van der Waals surface area contributed by atoms with E-state index in [1.807, 2.05) is 30.5 Å². The molecule has 0 amide bonds. The van der Waals surface area contributed by atoms with Crippen molar-refractivity contribution < 1.29 is 9.90 Å². The molecule has 2 rings (SSSR count). The van der Waals surface area contributed by atoms with Crippen LogP contribution in [0, 0.1) is 0 Å². The van der Waals surface area contributed by atoms with Crippen LogP contribution in [-0.4, -0.2) is 16.1 Å². The van der Waals surface area contributed by atoms with Gasteiger partial charge in [0.15, 0.2) is 0 Å². The van der Waals surface area contributed by atoms with Crippen LogP contribution < -0.4 is 0 Å². The standard InChI is InChI=1S/C9H7N.C3H6O2/c1-2-6-9-8(4-1)5-3-7-10-9;1-2-3(4)5/h1-7H;2H2,1H3,(H,4,5). The van der Waals surface area contributed by atoms with Crippen LogP contribution in [0.15, 0.2) is 42.6 Å². The van der Waals surface area contributed by atoms with E-state index in [-0.39, 0.29) is 6.42 Å². The van der Waals surface area contributed by atoms with Gasteiger partial charge >= 0.3 is 5.97 Å². The lowest BCUT2D eigenvalue weighted by Gasteiger charge is -1.91. The Bertz CT molecular complexity index is 375. The number of carboxylic acid groups (broad SMARTS) is 1. The van der Waals surface area contributed by atoms with Crippen molar-refractivity contribution in [1.29, 1.82) is 0 Å². The molecular weight excluding hydrogens is 190 g/mol. The van der Waals surface area contributed by atoms with Gasteiger partial charge in [0.25, 0.3) is 0 Å². The zero-order valence-corrected chi connectivity index (χ0v) is 8.55. The summed E-state index contributed by atoms with van der Waals surface area (Å²) in [5.41, 5.74) is 1.06. The summed E-state index contributed by atoms with van der Waals surface area (Å²) in [5.74, 6) is -0.745. The summed E-state index contributed by atoms with van der Waals surface area (Å²) in [6, 6.07) is 12.1. The summed E-state index contributed by atoms with van der Waals surface area (Å²) in [6.07, 6.45) is 2.03. The average Bonchev–Trinajstić information content (AvgIpc) is 2.30. The Hall–Kier alpha value is -1.90. The number of aromatic nitrogens is 1. The van der Waals surface area contributed by atoms with Crippen LogP contribution in [0.1, 0.15) is 13.3 Å². The summed E-state index contributed by atoms with van der Waals surface area (Å²) in [6.45, 7) is 1.60. The van der Waals surface area contributed by atoms with Gasteiger partial charge in [-0.05, 0) is 12.1 Å². The third kappa shape index (κ3) is 3.77. The molecule has 0 aliphatic carbocycles. The molecule has 15 heavy (non-hydrogen) atoms. The van der Waals surface area contributed by atoms with E-state index in [0.717, 1.165) is 5.52 Å². The van der Waals surface area contributed by atoms with Gasteiger partial charge in [0, 0.05) is 18.0 Å². The van der Waals surface area contributed by atoms with Crippen molar-refractivity contribution in [2.45, 2.75) is 13.3 Å². The lowest BCUT2D eigenvalue weighted by Crippen LogP contribution is -1.86. The minimum absolute atomic E-state index is 0.222. The van der Waals surface area contributed by atoms with E-state index in [2.05, 4.69) is 17.1 Å². The molecule has 0 saturated carbocycles. The lowest BCUT2D eigenvalue weighted by molar-refractivity contribution is -0.136. The Morgan fingerprint density at radius 1 is 1.27 bits per heavy atom. The van der Waals surface area contributed by atoms with Gasteiger partial charge in [-0.1, -0.05) is 31.2 Å². The smallest absolute Gasteiger partial charge is 0.303 e. The largest absolute Gasteiger partial charge is 0.481 e. The number of benzene rings is 1. The van der Waals surface area contributed by atoms with Crippen molar-refractivity contribution in [3.8, 4) is 0 Å². The van der Waals surface area contributed by atoms with Crippen molar-refractivity contribution in [2.75, 3.05) is 0 Å². The maximum atomic E-state index is 9.37. The molecule has 0 spiro atoms. The summed E-state index contributed by atoms with van der Waals surface area (Å²) in [5, 5.41) is 8.92. The SMILES string of the molecule is CCC(=O)O.c1ccc2ncccc2c1. The molecule has 0 aliphatic heterocycles. The molecule has 0 saturated heterocycles. The van der Waals surface area contributed by atoms with Crippen molar-refractivity contribution in [1.82, 2.24) is 4.98 Å². The van der Waals surface area contributed by atoms with Gasteiger partial charge in [0.2, 0.25) is 0 Å². The normalized spacial score (nSPS) is 9.13. The maximum absolute atomic E-state index is 9.37. The Labute approximate surface area is 88.4 Å². The first-order valence-corrected chi connectivity index (χ1v) is 4.75. The molecule has 0 bridgehead atoms. The number of aliphatic carboxylic acids is 1. The summed E-state index contributed by atoms with van der Waals surface area (Å²) < 4.78 is 0. The third-order valence-electron chi connectivity index (χ3n) is 1.81. The van der Waals surface area contributed by atoms with E-state index in [4.69, 9.17) is 5.11 Å². The molecule has 1 N–H and O–H groups in total. The Morgan fingerprint density at radius 2 is 1.87 bits per heavy atom. The number of carbonyl (C=O) groups is 1. The third-order valence-corrected chi connectivity index (χ3v) is 1.81. The van der Waals surface area contributed by atoms with Crippen LogP contribution >= 0.6 is 0 Å². The molecule has 0 unspecified atom stereocenters. The minimum atomic E-state index is -0.745. The minimum Gasteiger partial charge on any atom is -0.481 e. The molecule has 3 heteroatoms. The molecule has 2 aromatic rings. The van der Waals surface area contributed by atoms with Gasteiger partial charge < -0.3 is 5.11 Å². The summed E-state index contributed by atoms with van der Waals surface area (Å²) in [7, 11) is 0. The second-order valence-corrected chi connectivity index (χ2v) is 2.94. The van der Waals surface area contributed by atoms with Crippen molar-refractivity contribution in [2.24, 2.45) is 0 Å². The highest BCUT2D eigenvalue weighted by Gasteiger charge is 1.86. The van der Waals surface area contributed by atoms with Gasteiger partial charge in [-0.25, -0.2) is 0 Å². The number of fused-ring (bicyclic) bond motifs is 1. The average molecular weight is 203 g/mol. The predicted octanol–water partition coefficient (Wildman–Crippen LogP) is 2.72. The zero-order chi connectivity index (χ0) is 11.1. The van der Waals surface area contributed by atoms with Crippen molar-refractivity contribution in [3.63, 3.8) is 0 Å². The summed E-state index contributed by atoms with van der Waals surface area (Å²) in [4.78, 5) is 13.5. The molecule has 1 aromatic heterocycles. The van der Waals surface area contributed by atoms with Gasteiger partial charge in [0.05, 0.1) is 5.52 Å². The quantitative estimate of drug-likeness (QED) is 0.775. The molecule has 0 fully saturated rings. The van der Waals surface area contributed by atoms with E-state index in [1.165, 1.54) is 5.39 Å². The summed E-state index contributed by atoms with van der Waals surface area (Å²) >= 11 is 0. The fourth-order valence-electron chi connectivity index (χ4n) is 1.02. The fourth-order valence-corrected chi connectivity index (χ4v) is 1.02. The van der Waals surface area contributed by atoms with E-state index in [1.54, 1.807) is 6.92 Å². The second kappa shape index (κ2) is 5.75. The maximum Gasteiger partial charge on any atom is 0.303 e. The monoisotopic (exact) mass is 203 g/mol. The molecular formula is C12H13NO2. The fraction of sp³-hybridized carbons (Fsp3) is 0.167. The highest BCUT2D eigenvalue weighted by atomic mass is 16.4. The van der Waals surface area contributed by atoms with Crippen LogP contribution in [0.4, 0.5) is 0 Å². The Kier molecular flexibility index (Phi) is 4.29. The van der Waals surface area contributed by atoms with Gasteiger partial charge in [-0.3, -0.25) is 9.78 Å². The van der Waals surface area contributed by atoms with E-state index >= 15 is 0 Å². The van der Waals surface area contributed by atoms with Crippen LogP contribution in [0.5, 0.6) is 0 Å². The Balaban J connectivity index is 0.000000195. The predicted molar refractivity (Wildman–Crippen MR) is 59.7 cm³/mol. The number of rotatable bonds is 1. The molecule has 0 atom stereocenters. The molecule has 0 radical (unpaired) electrons. The molecule has 1 heterocycles. The van der Waals surface area contributed by atoms with Gasteiger partial charge in [-0.2, -0.15) is 0 Å². The number of hydrogen-bond acceptors (Lipinski definition) is 2. The number of carboxylic acids is 1. The molecule has 0 aliphatic rings. The zero-order valence-electron chi connectivity index (χ0n) is 8.55. The molecule has 1 aromatic carbocycles. The van der Waals surface area contributed by atoms with Crippen LogP contribution in [0.2, 0.25) is 0 Å². The number of hydrogen-bond donors (Lipinski definition) is 1. The number of nitrogens with zero attached hydrogens (tertiary/aromatic N) is 1. The lowest BCUT2D eigenvalue weighted by atomic mass is 10.2. The number of para-hydroxylation sites is 1. The topological polar surface area (TPSA) is 50.2 Å². The Morgan fingerprint density at radius 3 is 2.47 bits per heavy atom. The molecule has 3 nitrogen and oxygen atoms in total. The first-order valence-electron chi connectivity index (χ1n) is 4.75. The first kappa shape index (κ1) is 11.2. The van der Waals surface area contributed by atoms with Gasteiger partial charge in [-0.15, -0.1) is 0 Å². The molecule has 78 valence electrons. The highest BCUT2D eigenvalue weighted by Crippen LogP contribution is 2.07. The number of pyridine rings is 1. The van der Waals surface area contributed by atoms with Crippen molar-refractivity contribution in [3.05, 3.63) is 42.6 Å². The van der Waals surface area contributed by atoms with E-state index in [0.29, 0.717) is 0 Å².